The molecule has 0 saturated heterocycles. The van der Waals surface area contributed by atoms with Crippen molar-refractivity contribution in [1.29, 1.82) is 0 Å². The fraction of sp³-hybridized carbons (Fsp3) is 0.0833. The van der Waals surface area contributed by atoms with Gasteiger partial charge in [0.05, 0.1) is 16.9 Å². The lowest BCUT2D eigenvalue weighted by Gasteiger charge is -2.07. The second-order valence-corrected chi connectivity index (χ2v) is 3.85. The zero-order chi connectivity index (χ0) is 12.8. The van der Waals surface area contributed by atoms with E-state index < -0.39 is 0 Å². The summed E-state index contributed by atoms with van der Waals surface area (Å²) in [5.41, 5.74) is 0.773. The van der Waals surface area contributed by atoms with Gasteiger partial charge in [-0.25, -0.2) is 0 Å². The van der Waals surface area contributed by atoms with Crippen molar-refractivity contribution in [3.63, 3.8) is 0 Å². The van der Waals surface area contributed by atoms with Crippen LogP contribution in [0.1, 0.15) is 0 Å². The molecule has 1 heterocycles. The maximum Gasteiger partial charge on any atom is 0.244 e. The second-order valence-electron chi connectivity index (χ2n) is 3.44. The third kappa shape index (κ3) is 3.18. The molecule has 92 valence electrons. The van der Waals surface area contributed by atoms with E-state index in [0.29, 0.717) is 23.3 Å². The van der Waals surface area contributed by atoms with Gasteiger partial charge in [-0.15, -0.1) is 11.7 Å². The smallest absolute Gasteiger partial charge is 0.244 e. The van der Waals surface area contributed by atoms with Crippen LogP contribution in [-0.2, 0) is 0 Å². The molecule has 2 rings (SSSR count). The topological polar surface area (TPSA) is 62.7 Å². The van der Waals surface area contributed by atoms with Crippen molar-refractivity contribution in [1.82, 2.24) is 15.2 Å². The molecule has 0 radical (unpaired) electrons. The summed E-state index contributed by atoms with van der Waals surface area (Å²) >= 11 is 6.04. The fourth-order valence-electron chi connectivity index (χ4n) is 1.30. The molecule has 0 amide bonds. The van der Waals surface area contributed by atoms with Crippen LogP contribution in [0.4, 0.5) is 17.5 Å². The average Bonchev–Trinajstić information content (AvgIpc) is 2.40. The Hall–Kier alpha value is -2.14. The number of nitrogens with one attached hydrogen (secondary N) is 2. The monoisotopic (exact) mass is 261 g/mol. The van der Waals surface area contributed by atoms with Crippen LogP contribution < -0.4 is 10.6 Å². The summed E-state index contributed by atoms with van der Waals surface area (Å²) in [7, 11) is 0. The van der Waals surface area contributed by atoms with Crippen LogP contribution >= 0.6 is 11.6 Å². The average molecular weight is 262 g/mol. The van der Waals surface area contributed by atoms with Crippen molar-refractivity contribution in [2.45, 2.75) is 0 Å². The lowest BCUT2D eigenvalue weighted by Crippen LogP contribution is -2.06. The molecule has 0 bridgehead atoms. The molecule has 0 fully saturated rings. The highest BCUT2D eigenvalue weighted by Crippen LogP contribution is 2.23. The Morgan fingerprint density at radius 1 is 1.33 bits per heavy atom. The first kappa shape index (κ1) is 12.3. The molecular formula is C12H12ClN5. The first-order chi connectivity index (χ1) is 8.79. The summed E-state index contributed by atoms with van der Waals surface area (Å²) in [4.78, 5) is 4.24. The Morgan fingerprint density at radius 3 is 2.94 bits per heavy atom. The number of rotatable bonds is 5. The Morgan fingerprint density at radius 2 is 2.17 bits per heavy atom. The van der Waals surface area contributed by atoms with Crippen LogP contribution in [0.2, 0.25) is 5.02 Å². The summed E-state index contributed by atoms with van der Waals surface area (Å²) < 4.78 is 0. The van der Waals surface area contributed by atoms with E-state index in [0.717, 1.165) is 5.69 Å². The molecule has 6 heteroatoms. The summed E-state index contributed by atoms with van der Waals surface area (Å²) in [5, 5.41) is 14.4. The van der Waals surface area contributed by atoms with Crippen LogP contribution in [-0.4, -0.2) is 21.7 Å². The highest BCUT2D eigenvalue weighted by Gasteiger charge is 2.02. The van der Waals surface area contributed by atoms with Gasteiger partial charge in [0.15, 0.2) is 5.82 Å². The number of nitrogens with zero attached hydrogens (tertiary/aromatic N) is 3. The molecule has 1 aromatic heterocycles. The predicted molar refractivity (Wildman–Crippen MR) is 73.2 cm³/mol. The van der Waals surface area contributed by atoms with Crippen LogP contribution in [0.15, 0.2) is 43.1 Å². The van der Waals surface area contributed by atoms with Gasteiger partial charge in [0.1, 0.15) is 0 Å². The molecular weight excluding hydrogens is 250 g/mol. The van der Waals surface area contributed by atoms with E-state index in [1.54, 1.807) is 12.1 Å². The third-order valence-corrected chi connectivity index (χ3v) is 2.43. The molecule has 0 aliphatic heterocycles. The van der Waals surface area contributed by atoms with E-state index in [1.807, 2.05) is 18.2 Å². The van der Waals surface area contributed by atoms with Gasteiger partial charge in [0.25, 0.3) is 0 Å². The van der Waals surface area contributed by atoms with Crippen LogP contribution in [0.25, 0.3) is 0 Å². The van der Waals surface area contributed by atoms with Crippen molar-refractivity contribution in [2.24, 2.45) is 0 Å². The van der Waals surface area contributed by atoms with Gasteiger partial charge in [-0.1, -0.05) is 29.8 Å². The van der Waals surface area contributed by atoms with Crippen molar-refractivity contribution >= 4 is 29.1 Å². The maximum atomic E-state index is 6.04. The molecule has 2 aromatic rings. The van der Waals surface area contributed by atoms with Crippen molar-refractivity contribution in [3.05, 3.63) is 48.1 Å². The number of para-hydroxylation sites is 1. The second kappa shape index (κ2) is 5.97. The summed E-state index contributed by atoms with van der Waals surface area (Å²) in [6.07, 6.45) is 3.25. The minimum atomic E-state index is 0.437. The highest BCUT2D eigenvalue weighted by atomic mass is 35.5. The van der Waals surface area contributed by atoms with Gasteiger partial charge in [0, 0.05) is 6.54 Å². The first-order valence-corrected chi connectivity index (χ1v) is 5.73. The molecule has 0 saturated carbocycles. The molecule has 0 spiro atoms. The highest BCUT2D eigenvalue weighted by molar-refractivity contribution is 6.33. The van der Waals surface area contributed by atoms with E-state index in [-0.39, 0.29) is 0 Å². The van der Waals surface area contributed by atoms with Gasteiger partial charge in [-0.3, -0.25) is 0 Å². The van der Waals surface area contributed by atoms with E-state index >= 15 is 0 Å². The van der Waals surface area contributed by atoms with Gasteiger partial charge in [0.2, 0.25) is 5.95 Å². The van der Waals surface area contributed by atoms with Gasteiger partial charge in [-0.05, 0) is 12.1 Å². The predicted octanol–water partition coefficient (Wildman–Crippen LogP) is 2.87. The third-order valence-electron chi connectivity index (χ3n) is 2.10. The van der Waals surface area contributed by atoms with Crippen molar-refractivity contribution in [3.8, 4) is 0 Å². The normalized spacial score (nSPS) is 9.83. The molecule has 18 heavy (non-hydrogen) atoms. The zero-order valence-corrected chi connectivity index (χ0v) is 10.4. The largest absolute Gasteiger partial charge is 0.349 e. The molecule has 0 aliphatic carbocycles. The molecule has 5 nitrogen and oxygen atoms in total. The number of anilines is 3. The first-order valence-electron chi connectivity index (χ1n) is 5.35. The van der Waals surface area contributed by atoms with Gasteiger partial charge >= 0.3 is 0 Å². The SMILES string of the molecule is C=CCNc1nncc(Nc2ccccc2Cl)n1. The number of hydrogen-bond donors (Lipinski definition) is 2. The Labute approximate surface area is 110 Å². The summed E-state index contributed by atoms with van der Waals surface area (Å²) in [5.74, 6) is 1.01. The van der Waals surface area contributed by atoms with Crippen molar-refractivity contribution < 1.29 is 0 Å². The molecule has 1 aromatic carbocycles. The fourth-order valence-corrected chi connectivity index (χ4v) is 1.49. The zero-order valence-electron chi connectivity index (χ0n) is 9.60. The number of halogens is 1. The quantitative estimate of drug-likeness (QED) is 0.811. The number of hydrogen-bond acceptors (Lipinski definition) is 5. The van der Waals surface area contributed by atoms with E-state index in [2.05, 4.69) is 32.4 Å². The molecule has 0 atom stereocenters. The minimum absolute atomic E-state index is 0.437. The van der Waals surface area contributed by atoms with Gasteiger partial charge < -0.3 is 10.6 Å². The number of benzene rings is 1. The Bertz CT molecular complexity index is 543. The Kier molecular flexibility index (Phi) is 4.09. The minimum Gasteiger partial charge on any atom is -0.349 e. The summed E-state index contributed by atoms with van der Waals surface area (Å²) in [6, 6.07) is 7.42. The van der Waals surface area contributed by atoms with E-state index in [9.17, 15) is 0 Å². The lowest BCUT2D eigenvalue weighted by atomic mass is 10.3. The molecule has 0 aliphatic rings. The van der Waals surface area contributed by atoms with E-state index in [4.69, 9.17) is 11.6 Å². The maximum absolute atomic E-state index is 6.04. The van der Waals surface area contributed by atoms with Crippen molar-refractivity contribution in [2.75, 3.05) is 17.2 Å². The lowest BCUT2D eigenvalue weighted by molar-refractivity contribution is 0.968. The van der Waals surface area contributed by atoms with Crippen LogP contribution in [0.5, 0.6) is 0 Å². The van der Waals surface area contributed by atoms with E-state index in [1.165, 1.54) is 6.20 Å². The Balaban J connectivity index is 2.14. The van der Waals surface area contributed by atoms with Crippen LogP contribution in [0, 0.1) is 0 Å². The molecule has 2 N–H and O–H groups in total. The number of aromatic nitrogens is 3. The molecule has 0 unspecified atom stereocenters. The van der Waals surface area contributed by atoms with Crippen LogP contribution in [0.3, 0.4) is 0 Å². The summed E-state index contributed by atoms with van der Waals surface area (Å²) in [6.45, 7) is 4.19. The standard InChI is InChI=1S/C12H12ClN5/c1-2-7-14-12-17-11(8-15-18-12)16-10-6-4-3-5-9(10)13/h2-6,8H,1,7H2,(H2,14,16,17,18). The van der Waals surface area contributed by atoms with Gasteiger partial charge in [-0.2, -0.15) is 10.1 Å².